The predicted molar refractivity (Wildman–Crippen MR) is 71.6 cm³/mol. The summed E-state index contributed by atoms with van der Waals surface area (Å²) in [5.74, 6) is -0.309. The van der Waals surface area contributed by atoms with E-state index in [1.807, 2.05) is 35.8 Å². The fourth-order valence-electron chi connectivity index (χ4n) is 2.26. The number of fused-ring (bicyclic) bond motifs is 1. The normalized spacial score (nSPS) is 19.7. The van der Waals surface area contributed by atoms with Crippen LogP contribution in [0.5, 0.6) is 0 Å². The Morgan fingerprint density at radius 3 is 3.00 bits per heavy atom. The predicted octanol–water partition coefficient (Wildman–Crippen LogP) is 2.88. The molecule has 1 aromatic heterocycles. The van der Waals surface area contributed by atoms with Gasteiger partial charge in [0.1, 0.15) is 6.10 Å². The molecule has 0 saturated carbocycles. The highest BCUT2D eigenvalue weighted by molar-refractivity contribution is 7.71. The summed E-state index contributed by atoms with van der Waals surface area (Å²) in [5.41, 5.74) is 2.83. The van der Waals surface area contributed by atoms with Gasteiger partial charge in [-0.25, -0.2) is 4.79 Å². The van der Waals surface area contributed by atoms with Gasteiger partial charge in [0.25, 0.3) is 0 Å². The van der Waals surface area contributed by atoms with Gasteiger partial charge >= 0.3 is 5.97 Å². The summed E-state index contributed by atoms with van der Waals surface area (Å²) in [5, 5.41) is 0. The minimum Gasteiger partial charge on any atom is -0.459 e. The van der Waals surface area contributed by atoms with E-state index in [-0.39, 0.29) is 12.1 Å². The molecule has 0 fully saturated rings. The second kappa shape index (κ2) is 4.10. The van der Waals surface area contributed by atoms with Crippen LogP contribution in [0.4, 0.5) is 0 Å². The molecule has 0 aliphatic carbocycles. The van der Waals surface area contributed by atoms with Crippen molar-refractivity contribution in [1.82, 2.24) is 9.55 Å². The van der Waals surface area contributed by atoms with E-state index >= 15 is 0 Å². The van der Waals surface area contributed by atoms with Gasteiger partial charge < -0.3 is 9.72 Å². The van der Waals surface area contributed by atoms with E-state index in [0.29, 0.717) is 11.2 Å². The molecule has 1 aliphatic heterocycles. The summed E-state index contributed by atoms with van der Waals surface area (Å²) < 4.78 is 7.60. The first-order chi connectivity index (χ1) is 8.65. The molecule has 92 valence electrons. The van der Waals surface area contributed by atoms with Crippen LogP contribution >= 0.6 is 12.2 Å². The maximum atomic E-state index is 11.5. The molecule has 0 bridgehead atoms. The lowest BCUT2D eigenvalue weighted by Crippen LogP contribution is -2.21. The summed E-state index contributed by atoms with van der Waals surface area (Å²) in [4.78, 5) is 14.6. The number of imidazole rings is 1. The molecule has 0 spiro atoms. The molecule has 4 nitrogen and oxygen atoms in total. The zero-order valence-electron chi connectivity index (χ0n) is 9.84. The third kappa shape index (κ3) is 1.76. The first kappa shape index (κ1) is 11.2. The first-order valence-corrected chi connectivity index (χ1v) is 6.17. The fraction of sp³-hybridized carbons (Fsp3) is 0.231. The standard InChI is InChI=1S/C13H12N2O2S/c1-8-6-9(7-12(16)17-8)15-11-5-3-2-4-10(11)14-13(15)18/h2-5,7-8H,6H2,1H3,(H,14,18). The minimum absolute atomic E-state index is 0.118. The van der Waals surface area contributed by atoms with E-state index in [9.17, 15) is 4.79 Å². The lowest BCUT2D eigenvalue weighted by molar-refractivity contribution is -0.142. The molecule has 1 unspecified atom stereocenters. The third-order valence-corrected chi connectivity index (χ3v) is 3.26. The average molecular weight is 260 g/mol. The number of benzene rings is 1. The molecule has 1 atom stereocenters. The first-order valence-electron chi connectivity index (χ1n) is 5.76. The van der Waals surface area contributed by atoms with Crippen LogP contribution in [0, 0.1) is 4.77 Å². The molecule has 0 amide bonds. The van der Waals surface area contributed by atoms with Crippen molar-refractivity contribution in [3.63, 3.8) is 0 Å². The van der Waals surface area contributed by atoms with Gasteiger partial charge in [0, 0.05) is 18.2 Å². The highest BCUT2D eigenvalue weighted by Crippen LogP contribution is 2.25. The number of hydrogen-bond donors (Lipinski definition) is 1. The van der Waals surface area contributed by atoms with Crippen LogP contribution in [0.15, 0.2) is 30.3 Å². The smallest absolute Gasteiger partial charge is 0.332 e. The Hall–Kier alpha value is -1.88. The van der Waals surface area contributed by atoms with Crippen LogP contribution < -0.4 is 0 Å². The Labute approximate surface area is 109 Å². The van der Waals surface area contributed by atoms with Crippen LogP contribution in [-0.4, -0.2) is 21.6 Å². The molecule has 5 heteroatoms. The molecule has 0 saturated heterocycles. The maximum Gasteiger partial charge on any atom is 0.332 e. The Morgan fingerprint density at radius 2 is 2.22 bits per heavy atom. The number of nitrogens with zero attached hydrogens (tertiary/aromatic N) is 1. The molecule has 1 aromatic carbocycles. The molecular formula is C13H12N2O2S. The highest BCUT2D eigenvalue weighted by atomic mass is 32.1. The number of H-pyrrole nitrogens is 1. The summed E-state index contributed by atoms with van der Waals surface area (Å²) >= 11 is 5.33. The molecule has 0 radical (unpaired) electrons. The number of ether oxygens (including phenoxy) is 1. The quantitative estimate of drug-likeness (QED) is 0.633. The van der Waals surface area contributed by atoms with Gasteiger partial charge in [-0.15, -0.1) is 0 Å². The van der Waals surface area contributed by atoms with Crippen molar-refractivity contribution >= 4 is 34.9 Å². The van der Waals surface area contributed by atoms with Gasteiger partial charge in [-0.05, 0) is 31.3 Å². The number of aromatic amines is 1. The van der Waals surface area contributed by atoms with Gasteiger partial charge in [-0.3, -0.25) is 4.57 Å². The van der Waals surface area contributed by atoms with Crippen LogP contribution in [0.2, 0.25) is 0 Å². The van der Waals surface area contributed by atoms with Crippen molar-refractivity contribution in [2.45, 2.75) is 19.4 Å². The average Bonchev–Trinajstić information content (AvgIpc) is 2.63. The van der Waals surface area contributed by atoms with Crippen LogP contribution in [0.25, 0.3) is 16.7 Å². The van der Waals surface area contributed by atoms with Crippen molar-refractivity contribution in [3.05, 3.63) is 35.1 Å². The van der Waals surface area contributed by atoms with E-state index in [0.717, 1.165) is 16.7 Å². The number of carbonyl (C=O) groups is 1. The van der Waals surface area contributed by atoms with E-state index in [1.165, 1.54) is 6.08 Å². The zero-order valence-corrected chi connectivity index (χ0v) is 10.7. The van der Waals surface area contributed by atoms with E-state index < -0.39 is 0 Å². The van der Waals surface area contributed by atoms with E-state index in [4.69, 9.17) is 17.0 Å². The second-order valence-corrected chi connectivity index (χ2v) is 4.76. The Kier molecular flexibility index (Phi) is 2.56. The lowest BCUT2D eigenvalue weighted by Gasteiger charge is -2.20. The summed E-state index contributed by atoms with van der Waals surface area (Å²) in [6.07, 6.45) is 2.06. The monoisotopic (exact) mass is 260 g/mol. The summed E-state index contributed by atoms with van der Waals surface area (Å²) in [6.45, 7) is 1.88. The largest absolute Gasteiger partial charge is 0.459 e. The molecule has 18 heavy (non-hydrogen) atoms. The topological polar surface area (TPSA) is 47.0 Å². The molecule has 1 N–H and O–H groups in total. The minimum atomic E-state index is -0.309. The van der Waals surface area contributed by atoms with Gasteiger partial charge in [-0.2, -0.15) is 0 Å². The Balaban J connectivity index is 2.23. The number of para-hydroxylation sites is 2. The number of esters is 1. The lowest BCUT2D eigenvalue weighted by atomic mass is 10.1. The van der Waals surface area contributed by atoms with Gasteiger partial charge in [0.05, 0.1) is 11.0 Å². The van der Waals surface area contributed by atoms with Crippen LogP contribution in [0.1, 0.15) is 13.3 Å². The van der Waals surface area contributed by atoms with Crippen LogP contribution in [0.3, 0.4) is 0 Å². The van der Waals surface area contributed by atoms with Crippen molar-refractivity contribution in [3.8, 4) is 0 Å². The summed E-state index contributed by atoms with van der Waals surface area (Å²) in [7, 11) is 0. The van der Waals surface area contributed by atoms with Crippen molar-refractivity contribution in [1.29, 1.82) is 0 Å². The number of aromatic nitrogens is 2. The van der Waals surface area contributed by atoms with Crippen molar-refractivity contribution in [2.75, 3.05) is 0 Å². The zero-order chi connectivity index (χ0) is 12.7. The van der Waals surface area contributed by atoms with E-state index in [1.54, 1.807) is 0 Å². The molecule has 3 rings (SSSR count). The number of carbonyl (C=O) groups excluding carboxylic acids is 1. The van der Waals surface area contributed by atoms with Crippen LogP contribution in [-0.2, 0) is 9.53 Å². The van der Waals surface area contributed by atoms with Gasteiger partial charge in [0.15, 0.2) is 4.77 Å². The van der Waals surface area contributed by atoms with Gasteiger partial charge in [-0.1, -0.05) is 12.1 Å². The number of rotatable bonds is 1. The Morgan fingerprint density at radius 1 is 1.44 bits per heavy atom. The molecule has 1 aliphatic rings. The SMILES string of the molecule is CC1CC(n2c(=S)[nH]c3ccccc32)=CC(=O)O1. The highest BCUT2D eigenvalue weighted by Gasteiger charge is 2.20. The van der Waals surface area contributed by atoms with Gasteiger partial charge in [0.2, 0.25) is 0 Å². The van der Waals surface area contributed by atoms with Crippen molar-refractivity contribution in [2.24, 2.45) is 0 Å². The second-order valence-electron chi connectivity index (χ2n) is 4.37. The number of nitrogens with one attached hydrogen (secondary N) is 1. The van der Waals surface area contributed by atoms with E-state index in [2.05, 4.69) is 4.98 Å². The Bertz CT molecular complexity index is 711. The molecule has 2 aromatic rings. The summed E-state index contributed by atoms with van der Waals surface area (Å²) in [6, 6.07) is 7.84. The molecular weight excluding hydrogens is 248 g/mol. The third-order valence-electron chi connectivity index (χ3n) is 2.98. The maximum absolute atomic E-state index is 11.5. The van der Waals surface area contributed by atoms with Crippen molar-refractivity contribution < 1.29 is 9.53 Å². The number of hydrogen-bond acceptors (Lipinski definition) is 3. The molecule has 2 heterocycles. The fourth-order valence-corrected chi connectivity index (χ4v) is 2.58. The number of cyclic esters (lactones) is 1.